The fourth-order valence-corrected chi connectivity index (χ4v) is 2.44. The van der Waals surface area contributed by atoms with Crippen LogP contribution in [0.2, 0.25) is 0 Å². The molecule has 112 valence electrons. The van der Waals surface area contributed by atoms with Gasteiger partial charge in [0.05, 0.1) is 11.2 Å². The summed E-state index contributed by atoms with van der Waals surface area (Å²) in [5.74, 6) is 0.687. The zero-order chi connectivity index (χ0) is 16.1. The number of allylic oxidation sites excluding steroid dienone is 4. The molecule has 0 atom stereocenters. The summed E-state index contributed by atoms with van der Waals surface area (Å²) < 4.78 is 0.826. The monoisotopic (exact) mass is 362 g/mol. The zero-order valence-corrected chi connectivity index (χ0v) is 14.1. The minimum atomic E-state index is 0.687. The Morgan fingerprint density at radius 3 is 2.43 bits per heavy atom. The molecule has 0 saturated heterocycles. The second-order valence-corrected chi connectivity index (χ2v) is 6.00. The molecule has 0 unspecified atom stereocenters. The van der Waals surface area contributed by atoms with Crippen molar-refractivity contribution in [3.63, 3.8) is 0 Å². The fourth-order valence-electron chi connectivity index (χ4n) is 2.29. The molecule has 2 nitrogen and oxygen atoms in total. The molecule has 0 aliphatic rings. The summed E-state index contributed by atoms with van der Waals surface area (Å²) in [6.45, 7) is 3.76. The van der Waals surface area contributed by atoms with Crippen molar-refractivity contribution in [3.8, 4) is 11.3 Å². The van der Waals surface area contributed by atoms with Crippen LogP contribution in [0, 0.1) is 0 Å². The molecule has 0 bridgehead atoms. The number of fused-ring (bicyclic) bond motifs is 1. The third kappa shape index (κ3) is 3.82. The highest BCUT2D eigenvalue weighted by atomic mass is 79.9. The van der Waals surface area contributed by atoms with Crippen LogP contribution in [0.5, 0.6) is 0 Å². The Balaban J connectivity index is 2.09. The summed E-state index contributed by atoms with van der Waals surface area (Å²) >= 11 is 3.29. The summed E-state index contributed by atoms with van der Waals surface area (Å²) in [6, 6.07) is 18.2. The molecule has 3 rings (SSSR count). The summed E-state index contributed by atoms with van der Waals surface area (Å²) in [5, 5.41) is 1.06. The molecule has 2 aromatic carbocycles. The van der Waals surface area contributed by atoms with Gasteiger partial charge in [0.25, 0.3) is 0 Å². The van der Waals surface area contributed by atoms with Gasteiger partial charge in [-0.05, 0) is 18.2 Å². The number of hydrogen-bond acceptors (Lipinski definition) is 2. The van der Waals surface area contributed by atoms with Crippen LogP contribution in [-0.2, 0) is 0 Å². The predicted octanol–water partition coefficient (Wildman–Crippen LogP) is 5.77. The van der Waals surface area contributed by atoms with Gasteiger partial charge in [0.1, 0.15) is 0 Å². The highest BCUT2D eigenvalue weighted by Gasteiger charge is 2.07. The Bertz CT molecular complexity index is 896. The average molecular weight is 363 g/mol. The van der Waals surface area contributed by atoms with Crippen molar-refractivity contribution in [2.45, 2.75) is 0 Å². The van der Waals surface area contributed by atoms with Crippen LogP contribution in [0.1, 0.15) is 5.82 Å². The molecule has 1 heterocycles. The first-order valence-corrected chi connectivity index (χ1v) is 8.05. The second kappa shape index (κ2) is 7.16. The van der Waals surface area contributed by atoms with Crippen molar-refractivity contribution in [2.24, 2.45) is 0 Å². The Morgan fingerprint density at radius 2 is 1.65 bits per heavy atom. The van der Waals surface area contributed by atoms with E-state index in [1.54, 1.807) is 0 Å². The van der Waals surface area contributed by atoms with E-state index in [1.165, 1.54) is 0 Å². The van der Waals surface area contributed by atoms with E-state index in [2.05, 4.69) is 45.7 Å². The van der Waals surface area contributed by atoms with E-state index in [-0.39, 0.29) is 0 Å². The van der Waals surface area contributed by atoms with Gasteiger partial charge in [0.2, 0.25) is 0 Å². The molecule has 3 aromatic rings. The first-order chi connectivity index (χ1) is 11.2. The molecule has 0 fully saturated rings. The minimum Gasteiger partial charge on any atom is -0.229 e. The van der Waals surface area contributed by atoms with Crippen molar-refractivity contribution in [1.82, 2.24) is 9.97 Å². The summed E-state index contributed by atoms with van der Waals surface area (Å²) in [5.41, 5.74) is 2.98. The summed E-state index contributed by atoms with van der Waals surface area (Å²) in [7, 11) is 0. The van der Waals surface area contributed by atoms with E-state index in [4.69, 9.17) is 4.98 Å². The molecule has 0 N–H and O–H groups in total. The maximum atomic E-state index is 4.72. The van der Waals surface area contributed by atoms with E-state index in [9.17, 15) is 0 Å². The fraction of sp³-hybridized carbons (Fsp3) is 0. The van der Waals surface area contributed by atoms with Gasteiger partial charge in [-0.1, -0.05) is 83.2 Å². The van der Waals surface area contributed by atoms with Gasteiger partial charge < -0.3 is 0 Å². The lowest BCUT2D eigenvalue weighted by molar-refractivity contribution is 1.19. The van der Waals surface area contributed by atoms with Gasteiger partial charge >= 0.3 is 0 Å². The molecule has 23 heavy (non-hydrogen) atoms. The van der Waals surface area contributed by atoms with E-state index < -0.39 is 0 Å². The van der Waals surface area contributed by atoms with E-state index in [0.29, 0.717) is 5.82 Å². The van der Waals surface area contributed by atoms with Crippen molar-refractivity contribution < 1.29 is 0 Å². The molecule has 1 aromatic heterocycles. The molecule has 0 saturated carbocycles. The highest BCUT2D eigenvalue weighted by Crippen LogP contribution is 2.26. The number of nitrogens with zero attached hydrogens (tertiary/aromatic N) is 2. The SMILES string of the molecule is C=C(Br)/C=C\C=C\c1nc(-c2ccccc2)c2ccccc2n1. The van der Waals surface area contributed by atoms with Gasteiger partial charge in [0.15, 0.2) is 5.82 Å². The van der Waals surface area contributed by atoms with Crippen molar-refractivity contribution >= 4 is 32.9 Å². The van der Waals surface area contributed by atoms with Crippen LogP contribution in [0.15, 0.2) is 83.9 Å². The van der Waals surface area contributed by atoms with Crippen molar-refractivity contribution in [3.05, 3.63) is 89.7 Å². The highest BCUT2D eigenvalue weighted by molar-refractivity contribution is 9.11. The Morgan fingerprint density at radius 1 is 0.913 bits per heavy atom. The van der Waals surface area contributed by atoms with Crippen LogP contribution in [0.3, 0.4) is 0 Å². The largest absolute Gasteiger partial charge is 0.229 e. The normalized spacial score (nSPS) is 11.5. The van der Waals surface area contributed by atoms with E-state index >= 15 is 0 Å². The first-order valence-electron chi connectivity index (χ1n) is 7.25. The maximum Gasteiger partial charge on any atom is 0.153 e. The van der Waals surface area contributed by atoms with E-state index in [1.807, 2.05) is 60.7 Å². The molecule has 0 aliphatic heterocycles. The number of hydrogen-bond donors (Lipinski definition) is 0. The molecule has 3 heteroatoms. The number of benzene rings is 2. The molecule has 0 radical (unpaired) electrons. The molecule has 0 aliphatic carbocycles. The third-order valence-corrected chi connectivity index (χ3v) is 3.57. The molecule has 0 spiro atoms. The van der Waals surface area contributed by atoms with Gasteiger partial charge in [-0.15, -0.1) is 0 Å². The van der Waals surface area contributed by atoms with Crippen LogP contribution in [0.25, 0.3) is 28.2 Å². The van der Waals surface area contributed by atoms with Crippen molar-refractivity contribution in [1.29, 1.82) is 0 Å². The summed E-state index contributed by atoms with van der Waals surface area (Å²) in [4.78, 5) is 9.33. The van der Waals surface area contributed by atoms with Gasteiger partial charge in [-0.3, -0.25) is 0 Å². The molecular weight excluding hydrogens is 348 g/mol. The Hall–Kier alpha value is -2.52. The maximum absolute atomic E-state index is 4.72. The predicted molar refractivity (Wildman–Crippen MR) is 101 cm³/mol. The van der Waals surface area contributed by atoms with Crippen LogP contribution in [0.4, 0.5) is 0 Å². The lowest BCUT2D eigenvalue weighted by Gasteiger charge is -2.07. The second-order valence-electron chi connectivity index (χ2n) is 4.98. The lowest BCUT2D eigenvalue weighted by atomic mass is 10.1. The standard InChI is InChI=1S/C20H15BrN2/c1-15(21)9-5-8-14-19-22-18-13-7-6-12-17(18)20(23-19)16-10-3-2-4-11-16/h2-14H,1H2/b9-5-,14-8+. The summed E-state index contributed by atoms with van der Waals surface area (Å²) in [6.07, 6.45) is 7.57. The number of halogens is 1. The minimum absolute atomic E-state index is 0.687. The quantitative estimate of drug-likeness (QED) is 0.550. The number of para-hydroxylation sites is 1. The van der Waals surface area contributed by atoms with Gasteiger partial charge in [0, 0.05) is 15.4 Å². The van der Waals surface area contributed by atoms with Crippen molar-refractivity contribution in [2.75, 3.05) is 0 Å². The van der Waals surface area contributed by atoms with Crippen LogP contribution >= 0.6 is 15.9 Å². The van der Waals surface area contributed by atoms with Gasteiger partial charge in [-0.2, -0.15) is 0 Å². The third-order valence-electron chi connectivity index (χ3n) is 3.30. The van der Waals surface area contributed by atoms with Crippen LogP contribution < -0.4 is 0 Å². The number of aromatic nitrogens is 2. The molecular formula is C20H15BrN2. The Kier molecular flexibility index (Phi) is 4.79. The average Bonchev–Trinajstić information content (AvgIpc) is 2.58. The first kappa shape index (κ1) is 15.4. The smallest absolute Gasteiger partial charge is 0.153 e. The topological polar surface area (TPSA) is 25.8 Å². The van der Waals surface area contributed by atoms with Gasteiger partial charge in [-0.25, -0.2) is 9.97 Å². The molecule has 0 amide bonds. The lowest BCUT2D eigenvalue weighted by Crippen LogP contribution is -1.94. The van der Waals surface area contributed by atoms with Crippen LogP contribution in [-0.4, -0.2) is 9.97 Å². The zero-order valence-electron chi connectivity index (χ0n) is 12.5. The Labute approximate surface area is 144 Å². The number of rotatable bonds is 4. The van der Waals surface area contributed by atoms with E-state index in [0.717, 1.165) is 26.6 Å².